The number of unbranched alkanes of at least 4 members (excludes halogenated alkanes) is 6. The summed E-state index contributed by atoms with van der Waals surface area (Å²) in [4.78, 5) is 4.91. The molecule has 0 radical (unpaired) electrons. The van der Waals surface area contributed by atoms with Crippen LogP contribution in [0.3, 0.4) is 0 Å². The van der Waals surface area contributed by atoms with Crippen molar-refractivity contribution in [1.29, 1.82) is 0 Å². The fraction of sp³-hybridized carbons (Fsp3) is 0.636. The van der Waals surface area contributed by atoms with Gasteiger partial charge in [0.15, 0.2) is 0 Å². The molecule has 6 heteroatoms. The van der Waals surface area contributed by atoms with Gasteiger partial charge in [-0.15, -0.1) is 0 Å². The molecule has 0 aliphatic carbocycles. The minimum Gasteiger partial charge on any atom is -0.317 e. The molecule has 39 heavy (non-hydrogen) atoms. The minimum absolute atomic E-state index is 0.288. The van der Waals surface area contributed by atoms with Crippen LogP contribution in [0.25, 0.3) is 0 Å². The quantitative estimate of drug-likeness (QED) is 0.0607. The standard InChI is InChI=1S/C33H56N4S2/c1-30(38)36(28-32-18-8-6-9-19-32)26-16-14-24-34-22-12-4-3-5-13-23-35-25-15-17-27-37(31(2)39)29-33-20-10-7-11-21-33/h6-11,18-21,30-31,34-35,38-39H,3-5,12-17,22-29H2,1-2H3. The lowest BCUT2D eigenvalue weighted by Crippen LogP contribution is -2.30. The topological polar surface area (TPSA) is 30.5 Å². The molecule has 2 rings (SSSR count). The number of nitrogens with zero attached hydrogens (tertiary/aromatic N) is 2. The molecule has 2 aromatic rings. The van der Waals surface area contributed by atoms with Gasteiger partial charge in [-0.25, -0.2) is 0 Å². The van der Waals surface area contributed by atoms with Gasteiger partial charge in [0.25, 0.3) is 0 Å². The molecule has 0 saturated carbocycles. The fourth-order valence-electron chi connectivity index (χ4n) is 4.84. The summed E-state index contributed by atoms with van der Waals surface area (Å²) in [6.45, 7) is 13.1. The van der Waals surface area contributed by atoms with E-state index in [2.05, 4.69) is 120 Å². The van der Waals surface area contributed by atoms with Crippen LogP contribution in [0.4, 0.5) is 0 Å². The third kappa shape index (κ3) is 17.4. The van der Waals surface area contributed by atoms with Crippen LogP contribution in [-0.4, -0.2) is 59.8 Å². The zero-order chi connectivity index (χ0) is 28.0. The highest BCUT2D eigenvalue weighted by Gasteiger charge is 2.11. The van der Waals surface area contributed by atoms with Crippen molar-refractivity contribution in [3.05, 3.63) is 71.8 Å². The molecule has 0 aliphatic rings. The Morgan fingerprint density at radius 2 is 0.846 bits per heavy atom. The second kappa shape index (κ2) is 22.6. The summed E-state index contributed by atoms with van der Waals surface area (Å²) in [5, 5.41) is 7.85. The first kappa shape index (κ1) is 34.2. The highest BCUT2D eigenvalue weighted by atomic mass is 32.1. The summed E-state index contributed by atoms with van der Waals surface area (Å²) in [6, 6.07) is 21.4. The SMILES string of the molecule is CC(S)N(CCCCNCCCCCCCNCCCCN(Cc1ccccc1)C(C)S)Cc1ccccc1. The van der Waals surface area contributed by atoms with Crippen LogP contribution in [0.2, 0.25) is 0 Å². The number of thiol groups is 2. The maximum atomic E-state index is 4.68. The van der Waals surface area contributed by atoms with Crippen molar-refractivity contribution < 1.29 is 0 Å². The molecule has 0 aliphatic heterocycles. The maximum absolute atomic E-state index is 4.68. The van der Waals surface area contributed by atoms with Gasteiger partial charge in [0, 0.05) is 13.1 Å². The number of hydrogen-bond acceptors (Lipinski definition) is 6. The molecule has 0 spiro atoms. The number of nitrogens with one attached hydrogen (secondary N) is 2. The normalized spacial score (nSPS) is 13.3. The van der Waals surface area contributed by atoms with E-state index in [0.29, 0.717) is 0 Å². The lowest BCUT2D eigenvalue weighted by atomic mass is 10.1. The summed E-state index contributed by atoms with van der Waals surface area (Å²) in [5.74, 6) is 0. The minimum atomic E-state index is 0.288. The molecule has 0 amide bonds. The smallest absolute Gasteiger partial charge is 0.0502 e. The number of rotatable bonds is 24. The predicted octanol–water partition coefficient (Wildman–Crippen LogP) is 7.23. The van der Waals surface area contributed by atoms with Crippen molar-refractivity contribution in [2.75, 3.05) is 39.3 Å². The van der Waals surface area contributed by atoms with E-state index in [1.807, 2.05) is 0 Å². The van der Waals surface area contributed by atoms with E-state index in [0.717, 1.165) is 52.4 Å². The largest absolute Gasteiger partial charge is 0.317 e. The molecule has 0 saturated heterocycles. The van der Waals surface area contributed by atoms with Gasteiger partial charge in [-0.05, 0) is 103 Å². The van der Waals surface area contributed by atoms with Crippen LogP contribution in [0, 0.1) is 0 Å². The first-order chi connectivity index (χ1) is 19.1. The maximum Gasteiger partial charge on any atom is 0.0502 e. The van der Waals surface area contributed by atoms with Crippen molar-refractivity contribution >= 4 is 25.3 Å². The molecule has 2 unspecified atom stereocenters. The third-order valence-electron chi connectivity index (χ3n) is 7.32. The van der Waals surface area contributed by atoms with E-state index < -0.39 is 0 Å². The highest BCUT2D eigenvalue weighted by Crippen LogP contribution is 2.13. The van der Waals surface area contributed by atoms with Crippen molar-refractivity contribution in [2.24, 2.45) is 0 Å². The molecule has 0 aromatic heterocycles. The summed E-state index contributed by atoms with van der Waals surface area (Å²) < 4.78 is 0. The second-order valence-corrected chi connectivity index (χ2v) is 12.4. The Hall–Kier alpha value is -1.02. The van der Waals surface area contributed by atoms with Crippen molar-refractivity contribution in [2.45, 2.75) is 95.5 Å². The Kier molecular flexibility index (Phi) is 19.8. The molecule has 2 atom stereocenters. The van der Waals surface area contributed by atoms with Gasteiger partial charge >= 0.3 is 0 Å². The Morgan fingerprint density at radius 1 is 0.513 bits per heavy atom. The Balaban J connectivity index is 1.34. The van der Waals surface area contributed by atoms with E-state index in [1.165, 1.54) is 68.9 Å². The van der Waals surface area contributed by atoms with Crippen molar-refractivity contribution in [3.63, 3.8) is 0 Å². The van der Waals surface area contributed by atoms with Crippen LogP contribution >= 0.6 is 25.3 Å². The Labute approximate surface area is 251 Å². The predicted molar refractivity (Wildman–Crippen MR) is 178 cm³/mol. The first-order valence-corrected chi connectivity index (χ1v) is 16.4. The average molecular weight is 573 g/mol. The lowest BCUT2D eigenvalue weighted by Gasteiger charge is -2.25. The van der Waals surface area contributed by atoms with E-state index in [9.17, 15) is 0 Å². The zero-order valence-corrected chi connectivity index (χ0v) is 26.5. The van der Waals surface area contributed by atoms with Gasteiger partial charge in [0.1, 0.15) is 0 Å². The van der Waals surface area contributed by atoms with Gasteiger partial charge in [0.05, 0.1) is 10.7 Å². The number of benzene rings is 2. The average Bonchev–Trinajstić information content (AvgIpc) is 2.94. The molecule has 2 aromatic carbocycles. The zero-order valence-electron chi connectivity index (χ0n) is 24.7. The molecule has 220 valence electrons. The van der Waals surface area contributed by atoms with E-state index in [1.54, 1.807) is 0 Å². The molecule has 2 N–H and O–H groups in total. The first-order valence-electron chi connectivity index (χ1n) is 15.4. The molecule has 0 fully saturated rings. The van der Waals surface area contributed by atoms with Crippen molar-refractivity contribution in [3.8, 4) is 0 Å². The van der Waals surface area contributed by atoms with E-state index in [4.69, 9.17) is 0 Å². The van der Waals surface area contributed by atoms with Crippen LogP contribution in [-0.2, 0) is 13.1 Å². The van der Waals surface area contributed by atoms with Gasteiger partial charge in [-0.1, -0.05) is 79.9 Å². The van der Waals surface area contributed by atoms with Crippen LogP contribution < -0.4 is 10.6 Å². The summed E-state index contributed by atoms with van der Waals surface area (Å²) in [5.41, 5.74) is 2.74. The monoisotopic (exact) mass is 572 g/mol. The van der Waals surface area contributed by atoms with Crippen LogP contribution in [0.1, 0.15) is 82.8 Å². The van der Waals surface area contributed by atoms with Gasteiger partial charge in [-0.2, -0.15) is 25.3 Å². The van der Waals surface area contributed by atoms with Crippen LogP contribution in [0.5, 0.6) is 0 Å². The number of hydrogen-bond donors (Lipinski definition) is 4. The summed E-state index contributed by atoms with van der Waals surface area (Å²) >= 11 is 9.37. The van der Waals surface area contributed by atoms with Gasteiger partial charge < -0.3 is 10.6 Å². The fourth-order valence-corrected chi connectivity index (χ4v) is 5.24. The lowest BCUT2D eigenvalue weighted by molar-refractivity contribution is 0.253. The Bertz CT molecular complexity index is 736. The molecule has 0 bridgehead atoms. The van der Waals surface area contributed by atoms with E-state index >= 15 is 0 Å². The molecule has 4 nitrogen and oxygen atoms in total. The summed E-state index contributed by atoms with van der Waals surface area (Å²) in [6.07, 6.45) is 11.5. The van der Waals surface area contributed by atoms with Gasteiger partial charge in [0.2, 0.25) is 0 Å². The second-order valence-electron chi connectivity index (χ2n) is 10.9. The molecular weight excluding hydrogens is 517 g/mol. The molecular formula is C33H56N4S2. The molecule has 0 heterocycles. The van der Waals surface area contributed by atoms with Crippen LogP contribution in [0.15, 0.2) is 60.7 Å². The van der Waals surface area contributed by atoms with Crippen molar-refractivity contribution in [1.82, 2.24) is 20.4 Å². The van der Waals surface area contributed by atoms with E-state index in [-0.39, 0.29) is 10.7 Å². The Morgan fingerprint density at radius 3 is 1.21 bits per heavy atom. The third-order valence-corrected chi connectivity index (χ3v) is 7.97. The highest BCUT2D eigenvalue weighted by molar-refractivity contribution is 7.81. The van der Waals surface area contributed by atoms with Gasteiger partial charge in [-0.3, -0.25) is 9.80 Å². The summed E-state index contributed by atoms with van der Waals surface area (Å²) in [7, 11) is 0.